The van der Waals surface area contributed by atoms with E-state index in [1.54, 1.807) is 0 Å². The summed E-state index contributed by atoms with van der Waals surface area (Å²) < 4.78 is 0. The highest BCUT2D eigenvalue weighted by Gasteiger charge is 2.26. The molecule has 16 heteroatoms. The van der Waals surface area contributed by atoms with Gasteiger partial charge in [-0.15, -0.1) is 0 Å². The van der Waals surface area contributed by atoms with Crippen LogP contribution in [0.5, 0.6) is 0 Å². The van der Waals surface area contributed by atoms with Crippen LogP contribution in [0.15, 0.2) is 0 Å². The Hall–Kier alpha value is -0.880. The molecule has 0 aromatic carbocycles. The van der Waals surface area contributed by atoms with E-state index >= 15 is 0 Å². The normalized spacial score (nSPS) is 12.9. The second-order valence-corrected chi connectivity index (χ2v) is 12.6. The largest absolute Gasteiger partial charge is 0.480 e. The summed E-state index contributed by atoms with van der Waals surface area (Å²) in [6.45, 7) is 6.50. The van der Waals surface area contributed by atoms with Gasteiger partial charge >= 0.3 is 23.9 Å². The summed E-state index contributed by atoms with van der Waals surface area (Å²) >= 11 is 15.4. The molecule has 0 fully saturated rings. The lowest BCUT2D eigenvalue weighted by Gasteiger charge is -2.23. The Kier molecular flexibility index (Phi) is 44.8. The van der Waals surface area contributed by atoms with Crippen LogP contribution in [-0.4, -0.2) is 112 Å². The van der Waals surface area contributed by atoms with Crippen molar-refractivity contribution >= 4 is 74.4 Å². The molecular weight excluding hydrogens is 669 g/mol. The molecule has 4 atom stereocenters. The molecule has 0 aliphatic carbocycles. The minimum Gasteiger partial charge on any atom is -0.480 e. The summed E-state index contributed by atoms with van der Waals surface area (Å²) in [5.74, 6) is -3.25. The quantitative estimate of drug-likeness (QED) is 0.0793. The summed E-state index contributed by atoms with van der Waals surface area (Å²) in [5.41, 5.74) is -1.11. The lowest BCUT2D eigenvalue weighted by atomic mass is 9.93. The first-order valence-electron chi connectivity index (χ1n) is 15.0. The third-order valence-electron chi connectivity index (χ3n) is 5.81. The van der Waals surface area contributed by atoms with Crippen LogP contribution >= 0.6 is 50.5 Å². The minimum absolute atomic E-state index is 0.406. The number of thiol groups is 4. The van der Waals surface area contributed by atoms with Crippen molar-refractivity contribution in [1.29, 1.82) is 0 Å². The fourth-order valence-electron chi connectivity index (χ4n) is 2.38. The first-order chi connectivity index (χ1) is 21.0. The number of carbonyl (C=O) groups is 4. The second kappa shape index (κ2) is 37.6. The molecule has 12 nitrogen and oxygen atoms in total. The van der Waals surface area contributed by atoms with E-state index in [2.05, 4.69) is 50.5 Å². The molecule has 0 aromatic rings. The van der Waals surface area contributed by atoms with E-state index in [0.717, 1.165) is 51.4 Å². The van der Waals surface area contributed by atoms with Gasteiger partial charge in [-0.25, -0.2) is 0 Å². The Morgan fingerprint density at radius 1 is 0.444 bits per heavy atom. The van der Waals surface area contributed by atoms with Crippen molar-refractivity contribution in [1.82, 2.24) is 0 Å². The van der Waals surface area contributed by atoms with Gasteiger partial charge in [-0.1, -0.05) is 79.1 Å². The van der Waals surface area contributed by atoms with Crippen LogP contribution < -0.4 is 0 Å². The summed E-state index contributed by atoms with van der Waals surface area (Å²) in [5, 5.41) is 65.4. The number of unbranched alkanes of at least 4 members (excludes halogenated alkanes) is 4. The topological polar surface area (TPSA) is 230 Å². The van der Waals surface area contributed by atoms with Crippen molar-refractivity contribution in [3.8, 4) is 0 Å². The summed E-state index contributed by atoms with van der Waals surface area (Å²) in [6, 6.07) is 0. The monoisotopic (exact) mass is 728 g/mol. The fraction of sp³-hybridized carbons (Fsp3) is 0.862. The summed E-state index contributed by atoms with van der Waals surface area (Å²) in [4.78, 5) is 40.5. The minimum atomic E-state index is -1.11. The third-order valence-corrected chi connectivity index (χ3v) is 7.72. The predicted octanol–water partition coefficient (Wildman–Crippen LogP) is 4.18. The molecule has 0 radical (unpaired) electrons. The van der Waals surface area contributed by atoms with E-state index < -0.39 is 76.7 Å². The number of carboxylic acids is 4. The number of aliphatic hydroxyl groups is 4. The number of aliphatic carboxylic acids is 4. The maximum absolute atomic E-state index is 10.1. The Bertz CT molecular complexity index is 599. The molecule has 0 saturated heterocycles. The van der Waals surface area contributed by atoms with Gasteiger partial charge in [-0.3, -0.25) is 19.2 Å². The van der Waals surface area contributed by atoms with Gasteiger partial charge in [0.1, 0.15) is 0 Å². The maximum Gasteiger partial charge on any atom is 0.316 e. The molecule has 0 amide bonds. The number of hydrogen-bond acceptors (Lipinski definition) is 12. The molecule has 4 unspecified atom stereocenters. The molecule has 8 N–H and O–H groups in total. The van der Waals surface area contributed by atoms with Crippen LogP contribution in [0.2, 0.25) is 0 Å². The first-order valence-corrected chi connectivity index (χ1v) is 17.1. The van der Waals surface area contributed by atoms with Crippen molar-refractivity contribution < 1.29 is 60.0 Å². The Morgan fingerprint density at radius 3 is 0.667 bits per heavy atom. The molecule has 0 aromatic heterocycles. The van der Waals surface area contributed by atoms with Crippen molar-refractivity contribution in [2.75, 3.05) is 26.4 Å². The highest BCUT2D eigenvalue weighted by atomic mass is 32.1. The predicted molar refractivity (Wildman–Crippen MR) is 191 cm³/mol. The van der Waals surface area contributed by atoms with Crippen LogP contribution in [-0.2, 0) is 19.2 Å². The van der Waals surface area contributed by atoms with Crippen LogP contribution in [0, 0.1) is 5.41 Å². The molecule has 0 heterocycles. The van der Waals surface area contributed by atoms with Crippen LogP contribution in [0.25, 0.3) is 0 Å². The molecule has 272 valence electrons. The van der Waals surface area contributed by atoms with E-state index in [4.69, 9.17) is 40.9 Å². The number of hydrogen-bond donors (Lipinski definition) is 12. The van der Waals surface area contributed by atoms with Gasteiger partial charge < -0.3 is 40.9 Å². The average Bonchev–Trinajstić information content (AvgIpc) is 3.02. The lowest BCUT2D eigenvalue weighted by Crippen LogP contribution is -2.37. The van der Waals surface area contributed by atoms with Crippen LogP contribution in [0.3, 0.4) is 0 Å². The summed E-state index contributed by atoms with van der Waals surface area (Å²) in [7, 11) is 0. The molecule has 0 saturated carbocycles. The molecule has 0 bridgehead atoms. The van der Waals surface area contributed by atoms with Crippen molar-refractivity contribution in [3.05, 3.63) is 0 Å². The van der Waals surface area contributed by atoms with E-state index in [1.165, 1.54) is 0 Å². The standard InChI is InChI=1S/4C6H12O2S.C5H12O4/c4*1-2-3-4-5(9)6(7)8;6-1-5(2-7,3-8)4-9/h4*5,9H,2-4H2,1H3,(H,7,8);6-9H,1-4H2. The second-order valence-electron chi connectivity index (χ2n) is 10.1. The van der Waals surface area contributed by atoms with E-state index in [9.17, 15) is 19.2 Å². The van der Waals surface area contributed by atoms with Gasteiger partial charge in [0.25, 0.3) is 0 Å². The molecule has 0 aliphatic rings. The van der Waals surface area contributed by atoms with Gasteiger partial charge in [0.05, 0.1) is 52.8 Å². The first kappa shape index (κ1) is 53.6. The highest BCUT2D eigenvalue weighted by molar-refractivity contribution is 7.82. The van der Waals surface area contributed by atoms with Crippen molar-refractivity contribution in [2.45, 2.75) is 126 Å². The molecular formula is C29H60O12S4. The zero-order valence-corrected chi connectivity index (χ0v) is 30.7. The highest BCUT2D eigenvalue weighted by Crippen LogP contribution is 2.12. The van der Waals surface area contributed by atoms with Crippen LogP contribution in [0.1, 0.15) is 105 Å². The number of carboxylic acid groups (broad SMARTS) is 4. The van der Waals surface area contributed by atoms with Gasteiger partial charge in [0, 0.05) is 0 Å². The maximum atomic E-state index is 10.1. The van der Waals surface area contributed by atoms with E-state index in [0.29, 0.717) is 25.7 Å². The summed E-state index contributed by atoms with van der Waals surface area (Å²) in [6.07, 6.45) is 10.6. The fourth-order valence-corrected chi connectivity index (χ4v) is 3.11. The van der Waals surface area contributed by atoms with Crippen LogP contribution in [0.4, 0.5) is 0 Å². The SMILES string of the molecule is CCCCC(S)C(=O)O.CCCCC(S)C(=O)O.CCCCC(S)C(=O)O.CCCCC(S)C(=O)O.OCC(CO)(CO)CO. The van der Waals surface area contributed by atoms with E-state index in [1.807, 2.05) is 27.7 Å². The molecule has 0 spiro atoms. The Balaban J connectivity index is -0.000000148. The van der Waals surface area contributed by atoms with Crippen molar-refractivity contribution in [3.63, 3.8) is 0 Å². The van der Waals surface area contributed by atoms with E-state index in [-0.39, 0.29) is 0 Å². The van der Waals surface area contributed by atoms with Crippen molar-refractivity contribution in [2.24, 2.45) is 5.41 Å². The molecule has 45 heavy (non-hydrogen) atoms. The van der Waals surface area contributed by atoms with Gasteiger partial charge in [-0.05, 0) is 25.7 Å². The Labute approximate surface area is 291 Å². The zero-order chi connectivity index (χ0) is 36.4. The molecule has 0 rings (SSSR count). The smallest absolute Gasteiger partial charge is 0.316 e. The number of aliphatic hydroxyl groups excluding tert-OH is 4. The molecule has 0 aliphatic heterocycles. The van der Waals surface area contributed by atoms with Gasteiger partial charge in [0.15, 0.2) is 0 Å². The Morgan fingerprint density at radius 2 is 0.600 bits per heavy atom. The van der Waals surface area contributed by atoms with Gasteiger partial charge in [0.2, 0.25) is 0 Å². The lowest BCUT2D eigenvalue weighted by molar-refractivity contribution is -0.137. The number of rotatable bonds is 20. The average molecular weight is 729 g/mol. The zero-order valence-electron chi connectivity index (χ0n) is 27.1. The van der Waals surface area contributed by atoms with Gasteiger partial charge in [-0.2, -0.15) is 50.5 Å². The third kappa shape index (κ3) is 39.2.